The van der Waals surface area contributed by atoms with Gasteiger partial charge in [-0.05, 0) is 43.6 Å². The van der Waals surface area contributed by atoms with Crippen molar-refractivity contribution >= 4 is 6.29 Å². The molecule has 1 aromatic carbocycles. The van der Waals surface area contributed by atoms with Gasteiger partial charge in [-0.15, -0.1) is 0 Å². The smallest absolute Gasteiger partial charge is 0.165 e. The number of nitrogens with zero attached hydrogens (tertiary/aromatic N) is 1. The average Bonchev–Trinajstić information content (AvgIpc) is 2.40. The molecule has 18 heavy (non-hydrogen) atoms. The average molecular weight is 251 g/mol. The van der Waals surface area contributed by atoms with Crippen molar-refractivity contribution in [1.82, 2.24) is 4.90 Å². The van der Waals surface area contributed by atoms with Crippen molar-refractivity contribution < 1.29 is 13.9 Å². The van der Waals surface area contributed by atoms with Crippen molar-refractivity contribution in [1.29, 1.82) is 0 Å². The van der Waals surface area contributed by atoms with Crippen LogP contribution >= 0.6 is 0 Å². The van der Waals surface area contributed by atoms with Gasteiger partial charge in [0.05, 0.1) is 7.11 Å². The summed E-state index contributed by atoms with van der Waals surface area (Å²) in [5, 5.41) is 0. The largest absolute Gasteiger partial charge is 0.494 e. The first kappa shape index (κ1) is 13.0. The number of rotatable bonds is 4. The van der Waals surface area contributed by atoms with Crippen molar-refractivity contribution in [2.24, 2.45) is 5.92 Å². The third-order valence-corrected chi connectivity index (χ3v) is 3.45. The molecule has 1 heterocycles. The Balaban J connectivity index is 1.94. The number of halogens is 1. The lowest BCUT2D eigenvalue weighted by Gasteiger charge is -2.29. The Bertz CT molecular complexity index is 414. The standard InChI is InChI=1S/C14H18FNO2/c1-18-14-3-2-12(8-13(14)15)9-16-6-4-11(10-17)5-7-16/h2-3,8,10-11H,4-7,9H2,1H3. The summed E-state index contributed by atoms with van der Waals surface area (Å²) in [5.41, 5.74) is 0.942. The highest BCUT2D eigenvalue weighted by Crippen LogP contribution is 2.21. The number of carbonyl (C=O) groups excluding carboxylic acids is 1. The van der Waals surface area contributed by atoms with Crippen LogP contribution < -0.4 is 4.74 Å². The molecule has 0 radical (unpaired) electrons. The van der Waals surface area contributed by atoms with Gasteiger partial charge in [0.1, 0.15) is 6.29 Å². The zero-order valence-electron chi connectivity index (χ0n) is 10.6. The highest BCUT2D eigenvalue weighted by Gasteiger charge is 2.18. The van der Waals surface area contributed by atoms with Gasteiger partial charge in [0.25, 0.3) is 0 Å². The second-order valence-corrected chi connectivity index (χ2v) is 4.72. The molecule has 1 fully saturated rings. The van der Waals surface area contributed by atoms with E-state index in [4.69, 9.17) is 4.74 Å². The van der Waals surface area contributed by atoms with Crippen LogP contribution in [0.4, 0.5) is 4.39 Å². The highest BCUT2D eigenvalue weighted by atomic mass is 19.1. The van der Waals surface area contributed by atoms with E-state index >= 15 is 0 Å². The van der Waals surface area contributed by atoms with Gasteiger partial charge < -0.3 is 9.53 Å². The quantitative estimate of drug-likeness (QED) is 0.769. The Labute approximate surface area is 107 Å². The van der Waals surface area contributed by atoms with Crippen molar-refractivity contribution in [3.63, 3.8) is 0 Å². The Morgan fingerprint density at radius 2 is 2.17 bits per heavy atom. The summed E-state index contributed by atoms with van der Waals surface area (Å²) in [7, 11) is 1.46. The molecular weight excluding hydrogens is 233 g/mol. The van der Waals surface area contributed by atoms with E-state index < -0.39 is 0 Å². The first-order valence-electron chi connectivity index (χ1n) is 6.23. The molecular formula is C14H18FNO2. The predicted molar refractivity (Wildman–Crippen MR) is 67.0 cm³/mol. The van der Waals surface area contributed by atoms with Crippen LogP contribution in [0.15, 0.2) is 18.2 Å². The number of piperidine rings is 1. The molecule has 0 bridgehead atoms. The van der Waals surface area contributed by atoms with Gasteiger partial charge >= 0.3 is 0 Å². The fourth-order valence-electron chi connectivity index (χ4n) is 2.31. The van der Waals surface area contributed by atoms with Gasteiger partial charge in [-0.3, -0.25) is 4.90 Å². The van der Waals surface area contributed by atoms with Gasteiger partial charge in [-0.1, -0.05) is 6.07 Å². The van der Waals surface area contributed by atoms with E-state index in [1.807, 2.05) is 6.07 Å². The fraction of sp³-hybridized carbons (Fsp3) is 0.500. The maximum absolute atomic E-state index is 13.5. The minimum absolute atomic E-state index is 0.203. The summed E-state index contributed by atoms with van der Waals surface area (Å²) in [4.78, 5) is 12.9. The van der Waals surface area contributed by atoms with Crippen molar-refractivity contribution in [2.75, 3.05) is 20.2 Å². The summed E-state index contributed by atoms with van der Waals surface area (Å²) in [6.07, 6.45) is 2.86. The van der Waals surface area contributed by atoms with Crippen LogP contribution in [0.5, 0.6) is 5.75 Å². The van der Waals surface area contributed by atoms with Crippen LogP contribution in [-0.2, 0) is 11.3 Å². The summed E-state index contributed by atoms with van der Waals surface area (Å²) in [6, 6.07) is 5.06. The van der Waals surface area contributed by atoms with Crippen LogP contribution in [0.1, 0.15) is 18.4 Å². The monoisotopic (exact) mass is 251 g/mol. The SMILES string of the molecule is COc1ccc(CN2CCC(C=O)CC2)cc1F. The number of aldehydes is 1. The Kier molecular flexibility index (Phi) is 4.31. The molecule has 1 aromatic rings. The second kappa shape index (κ2) is 5.96. The highest BCUT2D eigenvalue weighted by molar-refractivity contribution is 5.53. The Morgan fingerprint density at radius 3 is 2.72 bits per heavy atom. The Morgan fingerprint density at radius 1 is 1.44 bits per heavy atom. The van der Waals surface area contributed by atoms with E-state index in [0.29, 0.717) is 0 Å². The van der Waals surface area contributed by atoms with Gasteiger partial charge in [-0.2, -0.15) is 0 Å². The molecule has 0 aromatic heterocycles. The van der Waals surface area contributed by atoms with E-state index in [1.165, 1.54) is 13.2 Å². The normalized spacial score (nSPS) is 17.7. The summed E-state index contributed by atoms with van der Waals surface area (Å²) >= 11 is 0. The van der Waals surface area contributed by atoms with Crippen LogP contribution in [-0.4, -0.2) is 31.4 Å². The van der Waals surface area contributed by atoms with Gasteiger partial charge in [-0.25, -0.2) is 4.39 Å². The molecule has 0 unspecified atom stereocenters. The summed E-state index contributed by atoms with van der Waals surface area (Å²) in [6.45, 7) is 2.53. The molecule has 0 atom stereocenters. The number of likely N-dealkylation sites (tertiary alicyclic amines) is 1. The van der Waals surface area contributed by atoms with Gasteiger partial charge in [0.15, 0.2) is 11.6 Å². The van der Waals surface area contributed by atoms with Crippen molar-refractivity contribution in [2.45, 2.75) is 19.4 Å². The molecule has 3 nitrogen and oxygen atoms in total. The topological polar surface area (TPSA) is 29.5 Å². The number of benzene rings is 1. The zero-order valence-corrected chi connectivity index (χ0v) is 10.6. The van der Waals surface area contributed by atoms with Crippen LogP contribution in [0.3, 0.4) is 0 Å². The van der Waals surface area contributed by atoms with Crippen LogP contribution in [0.2, 0.25) is 0 Å². The van der Waals surface area contributed by atoms with E-state index in [9.17, 15) is 9.18 Å². The number of hydrogen-bond donors (Lipinski definition) is 0. The second-order valence-electron chi connectivity index (χ2n) is 4.72. The minimum atomic E-state index is -0.322. The third-order valence-electron chi connectivity index (χ3n) is 3.45. The van der Waals surface area contributed by atoms with Gasteiger partial charge in [0.2, 0.25) is 0 Å². The van der Waals surface area contributed by atoms with Crippen molar-refractivity contribution in [3.05, 3.63) is 29.6 Å². The number of carbonyl (C=O) groups is 1. The molecule has 1 aliphatic heterocycles. The molecule has 98 valence electrons. The fourth-order valence-corrected chi connectivity index (χ4v) is 2.31. The lowest BCUT2D eigenvalue weighted by atomic mass is 9.98. The number of ether oxygens (including phenoxy) is 1. The molecule has 0 amide bonds. The molecule has 0 saturated carbocycles. The Hall–Kier alpha value is -1.42. The van der Waals surface area contributed by atoms with Crippen LogP contribution in [0.25, 0.3) is 0 Å². The molecule has 0 N–H and O–H groups in total. The zero-order chi connectivity index (χ0) is 13.0. The van der Waals surface area contributed by atoms with E-state index in [0.717, 1.165) is 44.3 Å². The number of hydrogen-bond acceptors (Lipinski definition) is 3. The van der Waals surface area contributed by atoms with Gasteiger partial charge in [0, 0.05) is 12.5 Å². The number of methoxy groups -OCH3 is 1. The summed E-state index contributed by atoms with van der Waals surface area (Å²) < 4.78 is 18.4. The molecule has 0 spiro atoms. The minimum Gasteiger partial charge on any atom is -0.494 e. The molecule has 1 saturated heterocycles. The molecule has 4 heteroatoms. The van der Waals surface area contributed by atoms with Crippen LogP contribution in [0, 0.1) is 11.7 Å². The van der Waals surface area contributed by atoms with E-state index in [-0.39, 0.29) is 17.5 Å². The summed E-state index contributed by atoms with van der Waals surface area (Å²) in [5.74, 6) is 0.157. The van der Waals surface area contributed by atoms with E-state index in [2.05, 4.69) is 4.90 Å². The van der Waals surface area contributed by atoms with E-state index in [1.54, 1.807) is 6.07 Å². The lowest BCUT2D eigenvalue weighted by molar-refractivity contribution is -0.112. The molecule has 1 aliphatic rings. The predicted octanol–water partition coefficient (Wildman–Crippen LogP) is 2.25. The maximum atomic E-state index is 13.5. The lowest BCUT2D eigenvalue weighted by Crippen LogP contribution is -2.33. The maximum Gasteiger partial charge on any atom is 0.165 e. The molecule has 2 rings (SSSR count). The first-order valence-corrected chi connectivity index (χ1v) is 6.23. The molecule has 0 aliphatic carbocycles. The first-order chi connectivity index (χ1) is 8.72. The van der Waals surface area contributed by atoms with Crippen molar-refractivity contribution in [3.8, 4) is 5.75 Å². The third kappa shape index (κ3) is 3.07.